The summed E-state index contributed by atoms with van der Waals surface area (Å²) >= 11 is 0. The van der Waals surface area contributed by atoms with Crippen LogP contribution < -0.4 is 5.32 Å². The van der Waals surface area contributed by atoms with E-state index in [0.717, 1.165) is 13.0 Å². The number of rotatable bonds is 8. The highest BCUT2D eigenvalue weighted by atomic mass is 16.5. The van der Waals surface area contributed by atoms with Gasteiger partial charge in [-0.3, -0.25) is 0 Å². The molecule has 0 heterocycles. The van der Waals surface area contributed by atoms with Crippen molar-refractivity contribution in [3.63, 3.8) is 0 Å². The smallest absolute Gasteiger partial charge is 0.0618 e. The third-order valence-corrected chi connectivity index (χ3v) is 3.35. The maximum atomic E-state index is 5.32. The molecule has 0 aliphatic rings. The summed E-state index contributed by atoms with van der Waals surface area (Å²) in [5.74, 6) is 0.577. The van der Waals surface area contributed by atoms with Gasteiger partial charge in [0.05, 0.1) is 6.61 Å². The molecule has 2 heteroatoms. The molecule has 18 heavy (non-hydrogen) atoms. The lowest BCUT2D eigenvalue weighted by Crippen LogP contribution is -2.40. The number of benzene rings is 1. The normalized spacial score (nSPS) is 14.7. The molecule has 0 fully saturated rings. The van der Waals surface area contributed by atoms with Crippen LogP contribution in [0.4, 0.5) is 0 Å². The molecular formula is C16H27NO. The summed E-state index contributed by atoms with van der Waals surface area (Å²) in [6.45, 7) is 7.48. The Balaban J connectivity index is 2.72. The van der Waals surface area contributed by atoms with Gasteiger partial charge in [0.25, 0.3) is 0 Å². The summed E-state index contributed by atoms with van der Waals surface area (Å²) in [5.41, 5.74) is 1.38. The van der Waals surface area contributed by atoms with Crippen molar-refractivity contribution in [1.29, 1.82) is 0 Å². The standard InChI is InChI=1S/C16H27NO/c1-5-9-15(14-10-7-6-8-11-14)17-16(12-18-4)13(2)3/h6-8,10-11,13,15-17H,5,9,12H2,1-4H3/t15-,16+/m0/s1. The molecule has 0 spiro atoms. The van der Waals surface area contributed by atoms with Crippen LogP contribution >= 0.6 is 0 Å². The van der Waals surface area contributed by atoms with Gasteiger partial charge in [-0.15, -0.1) is 0 Å². The lowest BCUT2D eigenvalue weighted by molar-refractivity contribution is 0.139. The molecule has 0 radical (unpaired) electrons. The highest BCUT2D eigenvalue weighted by Crippen LogP contribution is 2.20. The van der Waals surface area contributed by atoms with Gasteiger partial charge in [0.2, 0.25) is 0 Å². The van der Waals surface area contributed by atoms with E-state index in [4.69, 9.17) is 4.74 Å². The maximum Gasteiger partial charge on any atom is 0.0618 e. The highest BCUT2D eigenvalue weighted by molar-refractivity contribution is 5.19. The Kier molecular flexibility index (Phi) is 6.99. The van der Waals surface area contributed by atoms with Gasteiger partial charge < -0.3 is 10.1 Å². The second kappa shape index (κ2) is 8.28. The molecule has 1 rings (SSSR count). The van der Waals surface area contributed by atoms with Crippen molar-refractivity contribution in [2.75, 3.05) is 13.7 Å². The second-order valence-electron chi connectivity index (χ2n) is 5.22. The Morgan fingerprint density at radius 3 is 2.33 bits per heavy atom. The fourth-order valence-corrected chi connectivity index (χ4v) is 2.19. The summed E-state index contributed by atoms with van der Waals surface area (Å²) in [4.78, 5) is 0. The largest absolute Gasteiger partial charge is 0.383 e. The van der Waals surface area contributed by atoms with Crippen LogP contribution in [0.5, 0.6) is 0 Å². The van der Waals surface area contributed by atoms with Crippen molar-refractivity contribution in [3.8, 4) is 0 Å². The van der Waals surface area contributed by atoms with E-state index in [0.29, 0.717) is 18.0 Å². The van der Waals surface area contributed by atoms with E-state index in [1.165, 1.54) is 12.0 Å². The van der Waals surface area contributed by atoms with Crippen molar-refractivity contribution >= 4 is 0 Å². The molecule has 102 valence electrons. The zero-order valence-electron chi connectivity index (χ0n) is 12.1. The van der Waals surface area contributed by atoms with E-state index in [1.807, 2.05) is 0 Å². The SMILES string of the molecule is CCC[C@H](N[C@H](COC)C(C)C)c1ccccc1. The number of hydrogen-bond acceptors (Lipinski definition) is 2. The monoisotopic (exact) mass is 249 g/mol. The Morgan fingerprint density at radius 1 is 1.17 bits per heavy atom. The first-order valence-electron chi connectivity index (χ1n) is 6.99. The lowest BCUT2D eigenvalue weighted by Gasteiger charge is -2.28. The maximum absolute atomic E-state index is 5.32. The molecule has 1 aromatic carbocycles. The predicted octanol–water partition coefficient (Wildman–Crippen LogP) is 3.79. The van der Waals surface area contributed by atoms with Gasteiger partial charge in [0.1, 0.15) is 0 Å². The van der Waals surface area contributed by atoms with Crippen molar-refractivity contribution < 1.29 is 4.74 Å². The molecule has 0 aromatic heterocycles. The molecular weight excluding hydrogens is 222 g/mol. The molecule has 0 saturated heterocycles. The summed E-state index contributed by atoms with van der Waals surface area (Å²) in [5, 5.41) is 3.75. The predicted molar refractivity (Wildman–Crippen MR) is 77.7 cm³/mol. The zero-order valence-corrected chi connectivity index (χ0v) is 12.1. The topological polar surface area (TPSA) is 21.3 Å². The average molecular weight is 249 g/mol. The summed E-state index contributed by atoms with van der Waals surface area (Å²) < 4.78 is 5.32. The number of methoxy groups -OCH3 is 1. The minimum atomic E-state index is 0.409. The Morgan fingerprint density at radius 2 is 1.83 bits per heavy atom. The molecule has 0 amide bonds. The minimum Gasteiger partial charge on any atom is -0.383 e. The van der Waals surface area contributed by atoms with Crippen LogP contribution in [-0.2, 0) is 4.74 Å². The fourth-order valence-electron chi connectivity index (χ4n) is 2.19. The number of hydrogen-bond donors (Lipinski definition) is 1. The van der Waals surface area contributed by atoms with Crippen LogP contribution in [0.2, 0.25) is 0 Å². The molecule has 0 bridgehead atoms. The van der Waals surface area contributed by atoms with Gasteiger partial charge in [-0.25, -0.2) is 0 Å². The lowest BCUT2D eigenvalue weighted by atomic mass is 9.98. The van der Waals surface area contributed by atoms with Crippen LogP contribution in [0.15, 0.2) is 30.3 Å². The Bertz CT molecular complexity index is 310. The van der Waals surface area contributed by atoms with Gasteiger partial charge >= 0.3 is 0 Å². The fraction of sp³-hybridized carbons (Fsp3) is 0.625. The van der Waals surface area contributed by atoms with Gasteiger partial charge in [0.15, 0.2) is 0 Å². The quantitative estimate of drug-likeness (QED) is 0.757. The van der Waals surface area contributed by atoms with E-state index in [9.17, 15) is 0 Å². The Labute approximate surface area is 112 Å². The van der Waals surface area contributed by atoms with Gasteiger partial charge in [-0.1, -0.05) is 57.5 Å². The van der Waals surface area contributed by atoms with Gasteiger partial charge in [-0.05, 0) is 17.9 Å². The van der Waals surface area contributed by atoms with Crippen molar-refractivity contribution in [1.82, 2.24) is 5.32 Å². The average Bonchev–Trinajstić information content (AvgIpc) is 2.38. The summed E-state index contributed by atoms with van der Waals surface area (Å²) in [7, 11) is 1.77. The van der Waals surface area contributed by atoms with Crippen molar-refractivity contribution in [3.05, 3.63) is 35.9 Å². The first-order valence-corrected chi connectivity index (χ1v) is 6.99. The number of ether oxygens (including phenoxy) is 1. The molecule has 0 unspecified atom stereocenters. The van der Waals surface area contributed by atoms with Crippen molar-refractivity contribution in [2.24, 2.45) is 5.92 Å². The van der Waals surface area contributed by atoms with Gasteiger partial charge in [0, 0.05) is 19.2 Å². The van der Waals surface area contributed by atoms with E-state index < -0.39 is 0 Å². The third-order valence-electron chi connectivity index (χ3n) is 3.35. The minimum absolute atomic E-state index is 0.409. The summed E-state index contributed by atoms with van der Waals surface area (Å²) in [6.07, 6.45) is 2.35. The number of nitrogens with one attached hydrogen (secondary N) is 1. The van der Waals surface area contributed by atoms with Crippen LogP contribution in [0.1, 0.15) is 45.2 Å². The molecule has 0 aliphatic heterocycles. The molecule has 1 aromatic rings. The molecule has 2 nitrogen and oxygen atoms in total. The molecule has 1 N–H and O–H groups in total. The molecule has 0 saturated carbocycles. The van der Waals surface area contributed by atoms with Crippen molar-refractivity contribution in [2.45, 2.75) is 45.7 Å². The second-order valence-corrected chi connectivity index (χ2v) is 5.22. The van der Waals surface area contributed by atoms with E-state index >= 15 is 0 Å². The van der Waals surface area contributed by atoms with Crippen LogP contribution in [0, 0.1) is 5.92 Å². The Hall–Kier alpha value is -0.860. The molecule has 2 atom stereocenters. The van der Waals surface area contributed by atoms with E-state index in [-0.39, 0.29) is 0 Å². The van der Waals surface area contributed by atoms with Crippen LogP contribution in [-0.4, -0.2) is 19.8 Å². The first-order chi connectivity index (χ1) is 8.69. The summed E-state index contributed by atoms with van der Waals surface area (Å²) in [6, 6.07) is 11.5. The zero-order chi connectivity index (χ0) is 13.4. The van der Waals surface area contributed by atoms with Crippen LogP contribution in [0.25, 0.3) is 0 Å². The van der Waals surface area contributed by atoms with Crippen LogP contribution in [0.3, 0.4) is 0 Å². The van der Waals surface area contributed by atoms with E-state index in [1.54, 1.807) is 7.11 Å². The highest BCUT2D eigenvalue weighted by Gasteiger charge is 2.18. The molecule has 0 aliphatic carbocycles. The van der Waals surface area contributed by atoms with E-state index in [2.05, 4.69) is 56.4 Å². The van der Waals surface area contributed by atoms with Gasteiger partial charge in [-0.2, -0.15) is 0 Å². The first kappa shape index (κ1) is 15.2. The third kappa shape index (κ3) is 4.79.